The van der Waals surface area contributed by atoms with Crippen molar-refractivity contribution in [1.82, 2.24) is 5.32 Å². The number of benzene rings is 2. The van der Waals surface area contributed by atoms with Gasteiger partial charge in [0, 0.05) is 0 Å². The number of ether oxygens (including phenoxy) is 1. The maximum absolute atomic E-state index is 12.0. The topological polar surface area (TPSA) is 67.4 Å². The van der Waals surface area contributed by atoms with Gasteiger partial charge >= 0.3 is 11.8 Å². The van der Waals surface area contributed by atoms with Gasteiger partial charge in [0.1, 0.15) is 5.75 Å². The van der Waals surface area contributed by atoms with E-state index in [0.29, 0.717) is 11.4 Å². The van der Waals surface area contributed by atoms with E-state index in [1.807, 2.05) is 37.3 Å². The van der Waals surface area contributed by atoms with Gasteiger partial charge in [0.25, 0.3) is 0 Å². The highest BCUT2D eigenvalue weighted by Gasteiger charge is 2.18. The van der Waals surface area contributed by atoms with Crippen LogP contribution in [0.15, 0.2) is 54.6 Å². The van der Waals surface area contributed by atoms with Crippen molar-refractivity contribution in [2.75, 3.05) is 12.4 Å². The van der Waals surface area contributed by atoms with Gasteiger partial charge in [0.2, 0.25) is 0 Å². The zero-order valence-corrected chi connectivity index (χ0v) is 12.5. The van der Waals surface area contributed by atoms with Gasteiger partial charge in [-0.1, -0.05) is 42.5 Å². The van der Waals surface area contributed by atoms with Crippen LogP contribution in [0.5, 0.6) is 5.75 Å². The van der Waals surface area contributed by atoms with E-state index in [0.717, 1.165) is 5.56 Å². The summed E-state index contributed by atoms with van der Waals surface area (Å²) in [5, 5.41) is 5.20. The molecule has 0 aliphatic heterocycles. The van der Waals surface area contributed by atoms with Gasteiger partial charge in [0.05, 0.1) is 18.8 Å². The van der Waals surface area contributed by atoms with Crippen LogP contribution in [-0.2, 0) is 9.59 Å². The summed E-state index contributed by atoms with van der Waals surface area (Å²) in [6, 6.07) is 16.1. The molecule has 0 bridgehead atoms. The van der Waals surface area contributed by atoms with Gasteiger partial charge in [-0.15, -0.1) is 0 Å². The van der Waals surface area contributed by atoms with Crippen LogP contribution in [-0.4, -0.2) is 18.9 Å². The Morgan fingerprint density at radius 3 is 2.27 bits per heavy atom. The number of carbonyl (C=O) groups is 2. The summed E-state index contributed by atoms with van der Waals surface area (Å²) in [6.07, 6.45) is 0. The third-order valence-electron chi connectivity index (χ3n) is 3.21. The highest BCUT2D eigenvalue weighted by molar-refractivity contribution is 6.39. The van der Waals surface area contributed by atoms with Crippen LogP contribution in [0.3, 0.4) is 0 Å². The summed E-state index contributed by atoms with van der Waals surface area (Å²) in [6.45, 7) is 1.82. The minimum Gasteiger partial charge on any atom is -0.495 e. The lowest BCUT2D eigenvalue weighted by molar-refractivity contribution is -0.136. The molecule has 2 rings (SSSR count). The molecule has 0 radical (unpaired) electrons. The quantitative estimate of drug-likeness (QED) is 0.852. The first kappa shape index (κ1) is 15.6. The van der Waals surface area contributed by atoms with Crippen molar-refractivity contribution in [3.05, 3.63) is 60.2 Å². The summed E-state index contributed by atoms with van der Waals surface area (Å²) in [5.41, 5.74) is 1.39. The summed E-state index contributed by atoms with van der Waals surface area (Å²) >= 11 is 0. The molecule has 2 N–H and O–H groups in total. The summed E-state index contributed by atoms with van der Waals surface area (Å²) in [7, 11) is 1.50. The van der Waals surface area contributed by atoms with Crippen LogP contribution < -0.4 is 15.4 Å². The van der Waals surface area contributed by atoms with E-state index in [9.17, 15) is 9.59 Å². The summed E-state index contributed by atoms with van der Waals surface area (Å²) in [4.78, 5) is 23.9. The van der Waals surface area contributed by atoms with E-state index in [1.165, 1.54) is 7.11 Å². The zero-order valence-electron chi connectivity index (χ0n) is 12.5. The number of hydrogen-bond acceptors (Lipinski definition) is 3. The standard InChI is InChI=1S/C17H18N2O3/c1-12(13-8-4-3-5-9-13)18-16(20)17(21)19-14-10-6-7-11-15(14)22-2/h3-12H,1-2H3,(H,18,20)(H,19,21)/t12-/m0/s1. The van der Waals surface area contributed by atoms with E-state index in [4.69, 9.17) is 4.74 Å². The smallest absolute Gasteiger partial charge is 0.313 e. The Kier molecular flexibility index (Phi) is 5.14. The molecule has 0 aromatic heterocycles. The molecule has 5 nitrogen and oxygen atoms in total. The number of carbonyl (C=O) groups excluding carboxylic acids is 2. The Morgan fingerprint density at radius 2 is 1.59 bits per heavy atom. The molecular formula is C17H18N2O3. The first-order valence-electron chi connectivity index (χ1n) is 6.91. The predicted molar refractivity (Wildman–Crippen MR) is 84.6 cm³/mol. The van der Waals surface area contributed by atoms with E-state index in [2.05, 4.69) is 10.6 Å². The van der Waals surface area contributed by atoms with Crippen molar-refractivity contribution in [2.24, 2.45) is 0 Å². The van der Waals surface area contributed by atoms with E-state index < -0.39 is 11.8 Å². The van der Waals surface area contributed by atoms with Crippen LogP contribution in [0.4, 0.5) is 5.69 Å². The average molecular weight is 298 g/mol. The fourth-order valence-corrected chi connectivity index (χ4v) is 2.01. The number of rotatable bonds is 4. The number of amides is 2. The maximum atomic E-state index is 12.0. The maximum Gasteiger partial charge on any atom is 0.313 e. The molecule has 0 spiro atoms. The number of para-hydroxylation sites is 2. The van der Waals surface area contributed by atoms with E-state index in [1.54, 1.807) is 24.3 Å². The van der Waals surface area contributed by atoms with Crippen LogP contribution >= 0.6 is 0 Å². The third kappa shape index (κ3) is 3.85. The lowest BCUT2D eigenvalue weighted by Gasteiger charge is -2.14. The van der Waals surface area contributed by atoms with Gasteiger partial charge in [-0.05, 0) is 24.6 Å². The molecule has 2 aromatic carbocycles. The first-order valence-corrected chi connectivity index (χ1v) is 6.91. The van der Waals surface area contributed by atoms with Gasteiger partial charge in [-0.25, -0.2) is 0 Å². The second-order valence-electron chi connectivity index (χ2n) is 4.76. The van der Waals surface area contributed by atoms with Crippen molar-refractivity contribution in [3.8, 4) is 5.75 Å². The van der Waals surface area contributed by atoms with E-state index >= 15 is 0 Å². The minimum absolute atomic E-state index is 0.253. The predicted octanol–water partition coefficient (Wildman–Crippen LogP) is 2.51. The SMILES string of the molecule is COc1ccccc1NC(=O)C(=O)N[C@@H](C)c1ccccc1. The molecule has 114 valence electrons. The average Bonchev–Trinajstić information content (AvgIpc) is 2.56. The molecule has 0 aliphatic rings. The minimum atomic E-state index is -0.729. The molecule has 22 heavy (non-hydrogen) atoms. The molecule has 0 heterocycles. The second kappa shape index (κ2) is 7.26. The highest BCUT2D eigenvalue weighted by Crippen LogP contribution is 2.22. The molecule has 2 aromatic rings. The van der Waals surface area contributed by atoms with Crippen LogP contribution in [0.25, 0.3) is 0 Å². The van der Waals surface area contributed by atoms with E-state index in [-0.39, 0.29) is 6.04 Å². The Hall–Kier alpha value is -2.82. The molecule has 0 fully saturated rings. The van der Waals surface area contributed by atoms with Crippen molar-refractivity contribution in [3.63, 3.8) is 0 Å². The van der Waals surface area contributed by atoms with Crippen molar-refractivity contribution in [1.29, 1.82) is 0 Å². The van der Waals surface area contributed by atoms with Crippen LogP contribution in [0.1, 0.15) is 18.5 Å². The fourth-order valence-electron chi connectivity index (χ4n) is 2.01. The number of methoxy groups -OCH3 is 1. The Balaban J connectivity index is 1.99. The molecular weight excluding hydrogens is 280 g/mol. The molecule has 5 heteroatoms. The lowest BCUT2D eigenvalue weighted by atomic mass is 10.1. The zero-order chi connectivity index (χ0) is 15.9. The first-order chi connectivity index (χ1) is 10.6. The fraction of sp³-hybridized carbons (Fsp3) is 0.176. The third-order valence-corrected chi connectivity index (χ3v) is 3.21. The largest absolute Gasteiger partial charge is 0.495 e. The van der Waals surface area contributed by atoms with Crippen molar-refractivity contribution < 1.29 is 14.3 Å². The Labute approximate surface area is 129 Å². The molecule has 1 atom stereocenters. The lowest BCUT2D eigenvalue weighted by Crippen LogP contribution is -2.36. The summed E-state index contributed by atoms with van der Waals surface area (Å²) in [5.74, 6) is -0.922. The molecule has 0 unspecified atom stereocenters. The molecule has 0 aliphatic carbocycles. The van der Waals surface area contributed by atoms with Crippen molar-refractivity contribution >= 4 is 17.5 Å². The highest BCUT2D eigenvalue weighted by atomic mass is 16.5. The van der Waals surface area contributed by atoms with Gasteiger partial charge in [-0.2, -0.15) is 0 Å². The molecule has 2 amide bonds. The summed E-state index contributed by atoms with van der Waals surface area (Å²) < 4.78 is 5.13. The molecule has 0 saturated carbocycles. The number of nitrogens with one attached hydrogen (secondary N) is 2. The van der Waals surface area contributed by atoms with Crippen LogP contribution in [0.2, 0.25) is 0 Å². The Morgan fingerprint density at radius 1 is 0.955 bits per heavy atom. The number of hydrogen-bond donors (Lipinski definition) is 2. The Bertz CT molecular complexity index is 656. The second-order valence-corrected chi connectivity index (χ2v) is 4.76. The van der Waals surface area contributed by atoms with Crippen molar-refractivity contribution in [2.45, 2.75) is 13.0 Å². The normalized spacial score (nSPS) is 11.4. The van der Waals surface area contributed by atoms with Crippen LogP contribution in [0, 0.1) is 0 Å². The molecule has 0 saturated heterocycles. The monoisotopic (exact) mass is 298 g/mol. The number of anilines is 1. The van der Waals surface area contributed by atoms with Gasteiger partial charge in [0.15, 0.2) is 0 Å². The van der Waals surface area contributed by atoms with Gasteiger partial charge < -0.3 is 15.4 Å². The van der Waals surface area contributed by atoms with Gasteiger partial charge in [-0.3, -0.25) is 9.59 Å².